The van der Waals surface area contributed by atoms with Crippen LogP contribution < -0.4 is 16.0 Å². The van der Waals surface area contributed by atoms with Crippen molar-refractivity contribution in [3.8, 4) is 6.07 Å². The predicted molar refractivity (Wildman–Crippen MR) is 78.6 cm³/mol. The Morgan fingerprint density at radius 3 is 3.10 bits per heavy atom. The van der Waals surface area contributed by atoms with Crippen LogP contribution in [-0.2, 0) is 9.53 Å². The fraction of sp³-hybridized carbons (Fsp3) is 0.500. The molecule has 0 spiro atoms. The third-order valence-corrected chi connectivity index (χ3v) is 3.22. The Bertz CT molecular complexity index is 567. The number of nitrogens with zero attached hydrogens (tertiary/aromatic N) is 3. The van der Waals surface area contributed by atoms with Gasteiger partial charge in [0, 0.05) is 18.8 Å². The topological polar surface area (TPSA) is 104 Å². The molecule has 2 heterocycles. The van der Waals surface area contributed by atoms with Crippen LogP contribution in [0.2, 0.25) is 0 Å². The molecule has 0 bridgehead atoms. The first-order chi connectivity index (χ1) is 10.0. The lowest BCUT2D eigenvalue weighted by Crippen LogP contribution is -2.55. The molecule has 7 nitrogen and oxygen atoms in total. The van der Waals surface area contributed by atoms with Gasteiger partial charge in [0.25, 0.3) is 0 Å². The Labute approximate surface area is 123 Å². The fourth-order valence-electron chi connectivity index (χ4n) is 2.24. The molecular weight excluding hydrogens is 270 g/mol. The molecular formula is C14H19N5O2. The summed E-state index contributed by atoms with van der Waals surface area (Å²) in [6.45, 7) is 5.06. The number of morpholine rings is 1. The van der Waals surface area contributed by atoms with Gasteiger partial charge >= 0.3 is 0 Å². The van der Waals surface area contributed by atoms with Gasteiger partial charge in [0.2, 0.25) is 5.91 Å². The van der Waals surface area contributed by atoms with Crippen molar-refractivity contribution in [2.24, 2.45) is 0 Å². The van der Waals surface area contributed by atoms with Crippen molar-refractivity contribution < 1.29 is 9.53 Å². The Hall–Kier alpha value is -2.33. The maximum absolute atomic E-state index is 12.3. The maximum Gasteiger partial charge on any atom is 0.245 e. The van der Waals surface area contributed by atoms with E-state index in [2.05, 4.69) is 10.3 Å². The molecule has 1 aromatic rings. The number of nitrogens with two attached hydrogens (primary N) is 1. The van der Waals surface area contributed by atoms with Gasteiger partial charge in [-0.1, -0.05) is 0 Å². The number of anilines is 2. The minimum Gasteiger partial charge on any atom is -0.395 e. The number of nitrogens with one attached hydrogen (secondary N) is 1. The second-order valence-electron chi connectivity index (χ2n) is 5.15. The summed E-state index contributed by atoms with van der Waals surface area (Å²) in [5.74, 6) is 0.328. The van der Waals surface area contributed by atoms with Crippen LogP contribution in [-0.4, -0.2) is 42.7 Å². The lowest BCUT2D eigenvalue weighted by Gasteiger charge is -2.36. The molecule has 0 saturated carbocycles. The number of pyridine rings is 1. The second-order valence-corrected chi connectivity index (χ2v) is 5.15. The molecule has 1 unspecified atom stereocenters. The van der Waals surface area contributed by atoms with Crippen LogP contribution >= 0.6 is 0 Å². The van der Waals surface area contributed by atoms with E-state index in [-0.39, 0.29) is 18.6 Å². The second kappa shape index (κ2) is 6.41. The zero-order valence-corrected chi connectivity index (χ0v) is 12.2. The molecule has 1 aliphatic heterocycles. The highest BCUT2D eigenvalue weighted by atomic mass is 16.5. The molecule has 1 fully saturated rings. The van der Waals surface area contributed by atoms with Gasteiger partial charge in [-0.05, 0) is 19.9 Å². The first-order valence-corrected chi connectivity index (χ1v) is 6.84. The summed E-state index contributed by atoms with van der Waals surface area (Å²) in [4.78, 5) is 18.3. The molecule has 3 N–H and O–H groups in total. The number of carbonyl (C=O) groups is 1. The normalized spacial score (nSPS) is 18.4. The first kappa shape index (κ1) is 15.1. The number of nitriles is 1. The molecule has 1 saturated heterocycles. The number of nitrogen functional groups attached to an aromatic ring is 1. The number of aromatic nitrogens is 1. The Balaban J connectivity index is 2.31. The van der Waals surface area contributed by atoms with Crippen LogP contribution in [0.1, 0.15) is 19.4 Å². The van der Waals surface area contributed by atoms with E-state index in [1.165, 1.54) is 6.20 Å². The van der Waals surface area contributed by atoms with Crippen molar-refractivity contribution in [2.75, 3.05) is 30.4 Å². The van der Waals surface area contributed by atoms with Gasteiger partial charge in [-0.2, -0.15) is 5.26 Å². The zero-order valence-electron chi connectivity index (χ0n) is 12.2. The third-order valence-electron chi connectivity index (χ3n) is 3.22. The van der Waals surface area contributed by atoms with Crippen LogP contribution in [0.3, 0.4) is 0 Å². The summed E-state index contributed by atoms with van der Waals surface area (Å²) in [6, 6.07) is 3.13. The molecule has 1 amide bonds. The number of amides is 1. The van der Waals surface area contributed by atoms with Crippen LogP contribution in [0.4, 0.5) is 11.5 Å². The van der Waals surface area contributed by atoms with E-state index in [9.17, 15) is 4.79 Å². The summed E-state index contributed by atoms with van der Waals surface area (Å²) in [5.41, 5.74) is 6.64. The van der Waals surface area contributed by atoms with Gasteiger partial charge in [-0.25, -0.2) is 4.98 Å². The van der Waals surface area contributed by atoms with Crippen molar-refractivity contribution in [3.05, 3.63) is 17.8 Å². The first-order valence-electron chi connectivity index (χ1n) is 6.84. The van der Waals surface area contributed by atoms with E-state index in [1.54, 1.807) is 11.0 Å². The van der Waals surface area contributed by atoms with Gasteiger partial charge < -0.3 is 20.7 Å². The number of hydrogen-bond acceptors (Lipinski definition) is 6. The predicted octanol–water partition coefficient (Wildman–Crippen LogP) is 0.265. The van der Waals surface area contributed by atoms with Gasteiger partial charge in [0.1, 0.15) is 12.1 Å². The minimum atomic E-state index is -0.495. The highest BCUT2D eigenvalue weighted by Gasteiger charge is 2.32. The molecule has 21 heavy (non-hydrogen) atoms. The Morgan fingerprint density at radius 2 is 2.43 bits per heavy atom. The van der Waals surface area contributed by atoms with Gasteiger partial charge in [-0.3, -0.25) is 4.79 Å². The summed E-state index contributed by atoms with van der Waals surface area (Å²) in [6.07, 6.45) is 1.52. The van der Waals surface area contributed by atoms with Crippen LogP contribution in [0, 0.1) is 11.3 Å². The zero-order chi connectivity index (χ0) is 15.4. The number of hydrogen-bond donors (Lipinski definition) is 2. The summed E-state index contributed by atoms with van der Waals surface area (Å²) < 4.78 is 5.40. The summed E-state index contributed by atoms with van der Waals surface area (Å²) in [5, 5.41) is 11.9. The van der Waals surface area contributed by atoms with E-state index in [0.29, 0.717) is 30.2 Å². The molecule has 112 valence electrons. The lowest BCUT2D eigenvalue weighted by molar-refractivity contribution is -0.125. The minimum absolute atomic E-state index is 0.0389. The van der Waals surface area contributed by atoms with Gasteiger partial charge in [0.05, 0.1) is 24.5 Å². The van der Waals surface area contributed by atoms with E-state index in [1.807, 2.05) is 19.9 Å². The monoisotopic (exact) mass is 289 g/mol. The largest absolute Gasteiger partial charge is 0.395 e. The molecule has 0 radical (unpaired) electrons. The Kier molecular flexibility index (Phi) is 4.60. The van der Waals surface area contributed by atoms with Crippen molar-refractivity contribution in [2.45, 2.75) is 25.9 Å². The highest BCUT2D eigenvalue weighted by molar-refractivity contribution is 5.87. The molecule has 1 atom stereocenters. The van der Waals surface area contributed by atoms with Gasteiger partial charge in [-0.15, -0.1) is 0 Å². The maximum atomic E-state index is 12.3. The summed E-state index contributed by atoms with van der Waals surface area (Å²) in [7, 11) is 0. The van der Waals surface area contributed by atoms with Crippen molar-refractivity contribution in [1.82, 2.24) is 10.3 Å². The van der Waals surface area contributed by atoms with E-state index in [4.69, 9.17) is 15.7 Å². The summed E-state index contributed by atoms with van der Waals surface area (Å²) >= 11 is 0. The molecule has 1 aliphatic rings. The van der Waals surface area contributed by atoms with Crippen molar-refractivity contribution >= 4 is 17.4 Å². The fourth-order valence-corrected chi connectivity index (χ4v) is 2.24. The third kappa shape index (κ3) is 3.23. The SMILES string of the molecule is CC(C)NC(=O)C1COCCN1c1nccc(C#N)c1N. The molecule has 0 aliphatic carbocycles. The standard InChI is InChI=1S/C14H19N5O2/c1-9(2)18-14(20)11-8-21-6-5-19(11)13-12(16)10(7-15)3-4-17-13/h3-4,9,11H,5-6,8,16H2,1-2H3,(H,18,20). The van der Waals surface area contributed by atoms with E-state index >= 15 is 0 Å². The highest BCUT2D eigenvalue weighted by Crippen LogP contribution is 2.26. The van der Waals surface area contributed by atoms with Crippen LogP contribution in [0.25, 0.3) is 0 Å². The van der Waals surface area contributed by atoms with E-state index in [0.717, 1.165) is 0 Å². The number of rotatable bonds is 3. The molecule has 1 aromatic heterocycles. The number of carbonyl (C=O) groups excluding carboxylic acids is 1. The van der Waals surface area contributed by atoms with Crippen LogP contribution in [0.15, 0.2) is 12.3 Å². The number of ether oxygens (including phenoxy) is 1. The smallest absolute Gasteiger partial charge is 0.245 e. The quantitative estimate of drug-likeness (QED) is 0.827. The van der Waals surface area contributed by atoms with Crippen molar-refractivity contribution in [3.63, 3.8) is 0 Å². The Morgan fingerprint density at radius 1 is 1.67 bits per heavy atom. The van der Waals surface area contributed by atoms with Crippen molar-refractivity contribution in [1.29, 1.82) is 5.26 Å². The van der Waals surface area contributed by atoms with Gasteiger partial charge in [0.15, 0.2) is 5.82 Å². The average Bonchev–Trinajstić information content (AvgIpc) is 2.47. The molecule has 7 heteroatoms. The molecule has 0 aromatic carbocycles. The average molecular weight is 289 g/mol. The lowest BCUT2D eigenvalue weighted by atomic mass is 10.1. The molecule has 2 rings (SSSR count). The van der Waals surface area contributed by atoms with Crippen LogP contribution in [0.5, 0.6) is 0 Å². The van der Waals surface area contributed by atoms with E-state index < -0.39 is 6.04 Å².